The van der Waals surface area contributed by atoms with Crippen molar-refractivity contribution >= 4 is 5.91 Å². The van der Waals surface area contributed by atoms with Gasteiger partial charge in [0.25, 0.3) is 5.91 Å². The lowest BCUT2D eigenvalue weighted by Crippen LogP contribution is -2.48. The fraction of sp³-hybridized carbons (Fsp3) is 0.778. The first-order chi connectivity index (χ1) is 6.70. The number of nitrogens with zero attached hydrogens (tertiary/aromatic N) is 2. The molecule has 0 saturated heterocycles. The molecule has 5 heteroatoms. The van der Waals surface area contributed by atoms with E-state index in [9.17, 15) is 4.79 Å². The predicted octanol–water partition coefficient (Wildman–Crippen LogP) is -0.257. The molecule has 0 heterocycles. The molecule has 0 aliphatic heterocycles. The molecule has 1 amide bonds. The molecule has 14 heavy (non-hydrogen) atoms. The number of hydrogen-bond acceptors (Lipinski definition) is 4. The van der Waals surface area contributed by atoms with Gasteiger partial charge in [-0.1, -0.05) is 0 Å². The largest absolute Gasteiger partial charge is 0.293 e. The topological polar surface area (TPSA) is 82.2 Å². The monoisotopic (exact) mass is 196 g/mol. The number of nitrogens with two attached hydrogens (primary N) is 1. The molecular weight excluding hydrogens is 180 g/mol. The van der Waals surface area contributed by atoms with Crippen LogP contribution in [-0.2, 0) is 4.79 Å². The summed E-state index contributed by atoms with van der Waals surface area (Å²) in [4.78, 5) is 13.3. The van der Waals surface area contributed by atoms with Gasteiger partial charge in [0, 0.05) is 19.0 Å². The van der Waals surface area contributed by atoms with Crippen LogP contribution in [0.2, 0.25) is 0 Å². The summed E-state index contributed by atoms with van der Waals surface area (Å²) in [6.07, 6.45) is 2.69. The molecule has 3 N–H and O–H groups in total. The van der Waals surface area contributed by atoms with E-state index >= 15 is 0 Å². The lowest BCUT2D eigenvalue weighted by atomic mass is 10.2. The summed E-state index contributed by atoms with van der Waals surface area (Å²) >= 11 is 0. The lowest BCUT2D eigenvalue weighted by Gasteiger charge is -2.26. The van der Waals surface area contributed by atoms with E-state index in [1.165, 1.54) is 0 Å². The van der Waals surface area contributed by atoms with E-state index in [-0.39, 0.29) is 11.9 Å². The van der Waals surface area contributed by atoms with Crippen molar-refractivity contribution in [2.45, 2.75) is 38.3 Å². The summed E-state index contributed by atoms with van der Waals surface area (Å²) in [5.41, 5.74) is 2.14. The van der Waals surface area contributed by atoms with E-state index in [4.69, 9.17) is 11.1 Å². The van der Waals surface area contributed by atoms with E-state index in [0.717, 1.165) is 12.8 Å². The van der Waals surface area contributed by atoms with Crippen LogP contribution < -0.4 is 11.3 Å². The van der Waals surface area contributed by atoms with Crippen LogP contribution in [0.5, 0.6) is 0 Å². The van der Waals surface area contributed by atoms with E-state index < -0.39 is 0 Å². The molecule has 0 aromatic carbocycles. The summed E-state index contributed by atoms with van der Waals surface area (Å²) in [6, 6.07) is 2.32. The second-order valence-corrected chi connectivity index (χ2v) is 3.56. The highest BCUT2D eigenvalue weighted by molar-refractivity contribution is 5.80. The lowest BCUT2D eigenvalue weighted by molar-refractivity contribution is -0.126. The van der Waals surface area contributed by atoms with Crippen LogP contribution in [0.1, 0.15) is 26.2 Å². The van der Waals surface area contributed by atoms with E-state index in [1.54, 1.807) is 0 Å². The van der Waals surface area contributed by atoms with Gasteiger partial charge in [0.15, 0.2) is 0 Å². The smallest absolute Gasteiger partial charge is 0.250 e. The molecule has 0 aromatic rings. The van der Waals surface area contributed by atoms with Crippen LogP contribution in [-0.4, -0.2) is 29.4 Å². The fourth-order valence-corrected chi connectivity index (χ4v) is 1.55. The Kier molecular flexibility index (Phi) is 3.86. The number of rotatable bonds is 5. The first kappa shape index (κ1) is 11.0. The van der Waals surface area contributed by atoms with Crippen LogP contribution in [0, 0.1) is 11.3 Å². The van der Waals surface area contributed by atoms with Crippen molar-refractivity contribution in [3.8, 4) is 6.07 Å². The Morgan fingerprint density at radius 1 is 1.79 bits per heavy atom. The van der Waals surface area contributed by atoms with Crippen molar-refractivity contribution < 1.29 is 4.79 Å². The van der Waals surface area contributed by atoms with Gasteiger partial charge >= 0.3 is 0 Å². The van der Waals surface area contributed by atoms with Gasteiger partial charge in [-0.3, -0.25) is 15.1 Å². The van der Waals surface area contributed by atoms with E-state index in [0.29, 0.717) is 19.0 Å². The third-order valence-corrected chi connectivity index (χ3v) is 2.52. The van der Waals surface area contributed by atoms with Crippen molar-refractivity contribution in [1.29, 1.82) is 5.26 Å². The number of amides is 1. The van der Waals surface area contributed by atoms with Crippen molar-refractivity contribution in [1.82, 2.24) is 10.3 Å². The van der Waals surface area contributed by atoms with Gasteiger partial charge in [0.1, 0.15) is 0 Å². The first-order valence-corrected chi connectivity index (χ1v) is 4.84. The van der Waals surface area contributed by atoms with Crippen LogP contribution in [0.3, 0.4) is 0 Å². The Balaban J connectivity index is 2.48. The zero-order valence-corrected chi connectivity index (χ0v) is 8.36. The zero-order valence-electron chi connectivity index (χ0n) is 8.36. The number of hydrazine groups is 1. The van der Waals surface area contributed by atoms with E-state index in [2.05, 4.69) is 11.5 Å². The van der Waals surface area contributed by atoms with Gasteiger partial charge in [-0.25, -0.2) is 5.84 Å². The maximum Gasteiger partial charge on any atom is 0.250 e. The predicted molar refractivity (Wildman–Crippen MR) is 51.8 cm³/mol. The Morgan fingerprint density at radius 2 is 2.43 bits per heavy atom. The fourth-order valence-electron chi connectivity index (χ4n) is 1.55. The van der Waals surface area contributed by atoms with Gasteiger partial charge in [0.2, 0.25) is 0 Å². The molecule has 1 aliphatic rings. The molecule has 1 aliphatic carbocycles. The van der Waals surface area contributed by atoms with Crippen LogP contribution >= 0.6 is 0 Å². The van der Waals surface area contributed by atoms with Crippen LogP contribution in [0.4, 0.5) is 0 Å². The number of nitrogens with one attached hydrogen (secondary N) is 1. The standard InChI is InChI=1S/C9H16N4O/c1-7(9(14)12-11)13(6-2-5-10)8-3-4-8/h7-8H,2-4,6,11H2,1H3,(H,12,14). The number of carbonyl (C=O) groups excluding carboxylic acids is 1. The molecule has 78 valence electrons. The Hall–Kier alpha value is -1.12. The highest BCUT2D eigenvalue weighted by Gasteiger charge is 2.34. The SMILES string of the molecule is CC(C(=O)NN)N(CCC#N)C1CC1. The quantitative estimate of drug-likeness (QED) is 0.360. The molecule has 0 bridgehead atoms. The number of carbonyl (C=O) groups is 1. The second kappa shape index (κ2) is 4.94. The normalized spacial score (nSPS) is 17.6. The minimum absolute atomic E-state index is 0.185. The summed E-state index contributed by atoms with van der Waals surface area (Å²) in [5, 5.41) is 8.49. The molecule has 1 unspecified atom stereocenters. The van der Waals surface area contributed by atoms with Gasteiger partial charge in [-0.05, 0) is 19.8 Å². The molecule has 0 aromatic heterocycles. The highest BCUT2D eigenvalue weighted by atomic mass is 16.2. The molecular formula is C9H16N4O. The van der Waals surface area contributed by atoms with Gasteiger partial charge < -0.3 is 0 Å². The molecule has 1 rings (SSSR count). The van der Waals surface area contributed by atoms with Crippen LogP contribution in [0.15, 0.2) is 0 Å². The minimum Gasteiger partial charge on any atom is -0.293 e. The highest BCUT2D eigenvalue weighted by Crippen LogP contribution is 2.28. The molecule has 1 saturated carbocycles. The summed E-state index contributed by atoms with van der Waals surface area (Å²) in [5.74, 6) is 4.88. The van der Waals surface area contributed by atoms with Crippen molar-refractivity contribution in [3.05, 3.63) is 0 Å². The first-order valence-electron chi connectivity index (χ1n) is 4.84. The second-order valence-electron chi connectivity index (χ2n) is 3.56. The molecule has 0 spiro atoms. The van der Waals surface area contributed by atoms with E-state index in [1.807, 2.05) is 11.8 Å². The number of hydrogen-bond donors (Lipinski definition) is 2. The Bertz CT molecular complexity index is 244. The number of nitriles is 1. The summed E-state index contributed by atoms with van der Waals surface area (Å²) < 4.78 is 0. The van der Waals surface area contributed by atoms with Crippen molar-refractivity contribution in [3.63, 3.8) is 0 Å². The average Bonchev–Trinajstić information content (AvgIpc) is 3.01. The van der Waals surface area contributed by atoms with Crippen LogP contribution in [0.25, 0.3) is 0 Å². The molecule has 1 atom stereocenters. The van der Waals surface area contributed by atoms with Gasteiger partial charge in [-0.15, -0.1) is 0 Å². The molecule has 0 radical (unpaired) electrons. The van der Waals surface area contributed by atoms with Gasteiger partial charge in [-0.2, -0.15) is 5.26 Å². The summed E-state index contributed by atoms with van der Waals surface area (Å²) in [6.45, 7) is 2.47. The maximum atomic E-state index is 11.3. The third-order valence-electron chi connectivity index (χ3n) is 2.52. The van der Waals surface area contributed by atoms with Crippen molar-refractivity contribution in [2.24, 2.45) is 5.84 Å². The summed E-state index contributed by atoms with van der Waals surface area (Å²) in [7, 11) is 0. The Labute approximate surface area is 83.8 Å². The molecule has 1 fully saturated rings. The van der Waals surface area contributed by atoms with Crippen molar-refractivity contribution in [2.75, 3.05) is 6.54 Å². The molecule has 5 nitrogen and oxygen atoms in total. The Morgan fingerprint density at radius 3 is 2.86 bits per heavy atom. The minimum atomic E-state index is -0.235. The zero-order chi connectivity index (χ0) is 10.6. The van der Waals surface area contributed by atoms with Gasteiger partial charge in [0.05, 0.1) is 12.1 Å². The maximum absolute atomic E-state index is 11.3. The third kappa shape index (κ3) is 2.69. The average molecular weight is 196 g/mol.